The summed E-state index contributed by atoms with van der Waals surface area (Å²) in [6.07, 6.45) is 8.16. The smallest absolute Gasteiger partial charge is 0.140 e. The first-order chi connectivity index (χ1) is 7.65. The monoisotopic (exact) mass is 223 g/mol. The van der Waals surface area contributed by atoms with E-state index in [4.69, 9.17) is 5.73 Å². The Hall–Kier alpha value is -0.870. The minimum atomic E-state index is -0.809. The molecule has 1 aliphatic rings. The molecule has 1 aromatic rings. The number of rotatable bonds is 3. The van der Waals surface area contributed by atoms with Crippen molar-refractivity contribution in [2.45, 2.75) is 57.2 Å². The Labute approximate surface area is 96.5 Å². The van der Waals surface area contributed by atoms with E-state index in [0.29, 0.717) is 6.42 Å². The van der Waals surface area contributed by atoms with E-state index in [2.05, 4.69) is 16.5 Å². The Morgan fingerprint density at radius 3 is 3.19 bits per heavy atom. The van der Waals surface area contributed by atoms with Crippen LogP contribution in [-0.4, -0.2) is 20.7 Å². The largest absolute Gasteiger partial charge is 0.382 e. The van der Waals surface area contributed by atoms with Gasteiger partial charge in [-0.05, 0) is 32.1 Å². The van der Waals surface area contributed by atoms with Gasteiger partial charge >= 0.3 is 0 Å². The first kappa shape index (κ1) is 11.6. The van der Waals surface area contributed by atoms with Gasteiger partial charge in [0.1, 0.15) is 11.4 Å². The van der Waals surface area contributed by atoms with Crippen molar-refractivity contribution in [1.29, 1.82) is 0 Å². The number of aromatic nitrogens is 2. The van der Waals surface area contributed by atoms with Crippen LogP contribution in [0.1, 0.15) is 44.9 Å². The molecule has 0 bridgehead atoms. The van der Waals surface area contributed by atoms with Crippen LogP contribution in [0.5, 0.6) is 0 Å². The predicted molar refractivity (Wildman–Crippen MR) is 62.9 cm³/mol. The van der Waals surface area contributed by atoms with E-state index in [-0.39, 0.29) is 6.04 Å². The average molecular weight is 223 g/mol. The third-order valence-corrected chi connectivity index (χ3v) is 3.36. The third kappa shape index (κ3) is 2.13. The van der Waals surface area contributed by atoms with E-state index in [1.54, 1.807) is 6.20 Å². The predicted octanol–water partition coefficient (Wildman–Crippen LogP) is 1.38. The molecule has 2 unspecified atom stereocenters. The lowest BCUT2D eigenvalue weighted by Gasteiger charge is -2.35. The number of aliphatic hydroxyl groups is 1. The molecule has 1 saturated carbocycles. The molecule has 2 rings (SSSR count). The zero-order valence-corrected chi connectivity index (χ0v) is 9.89. The Morgan fingerprint density at radius 2 is 2.50 bits per heavy atom. The van der Waals surface area contributed by atoms with Gasteiger partial charge in [-0.2, -0.15) is 0 Å². The molecule has 4 heteroatoms. The van der Waals surface area contributed by atoms with Crippen molar-refractivity contribution in [3.63, 3.8) is 0 Å². The van der Waals surface area contributed by atoms with E-state index in [9.17, 15) is 5.11 Å². The van der Waals surface area contributed by atoms with Crippen LogP contribution in [0, 0.1) is 0 Å². The van der Waals surface area contributed by atoms with Crippen LogP contribution in [0.4, 0.5) is 0 Å². The Bertz CT molecular complexity index is 350. The average Bonchev–Trinajstić information content (AvgIpc) is 2.67. The minimum absolute atomic E-state index is 0.102. The summed E-state index contributed by atoms with van der Waals surface area (Å²) in [6, 6.07) is 0.102. The SMILES string of the molecule is CCCn1ccnc1C1(O)CCCC(N)C1. The maximum Gasteiger partial charge on any atom is 0.140 e. The van der Waals surface area contributed by atoms with Crippen LogP contribution >= 0.6 is 0 Å². The molecule has 1 fully saturated rings. The van der Waals surface area contributed by atoms with E-state index < -0.39 is 5.60 Å². The number of aryl methyl sites for hydroxylation is 1. The molecule has 0 amide bonds. The molecule has 3 N–H and O–H groups in total. The highest BCUT2D eigenvalue weighted by Gasteiger charge is 2.37. The summed E-state index contributed by atoms with van der Waals surface area (Å²) in [4.78, 5) is 4.32. The van der Waals surface area contributed by atoms with Crippen LogP contribution < -0.4 is 5.73 Å². The summed E-state index contributed by atoms with van der Waals surface area (Å²) in [5, 5.41) is 10.6. The second kappa shape index (κ2) is 4.55. The van der Waals surface area contributed by atoms with Gasteiger partial charge in [0.05, 0.1) is 0 Å². The molecule has 0 saturated heterocycles. The van der Waals surface area contributed by atoms with Gasteiger partial charge in [0.15, 0.2) is 0 Å². The van der Waals surface area contributed by atoms with Gasteiger partial charge in [0.2, 0.25) is 0 Å². The lowest BCUT2D eigenvalue weighted by molar-refractivity contribution is -0.0182. The van der Waals surface area contributed by atoms with E-state index in [1.165, 1.54) is 0 Å². The van der Waals surface area contributed by atoms with E-state index in [0.717, 1.165) is 38.1 Å². The first-order valence-electron chi connectivity index (χ1n) is 6.15. The second-order valence-electron chi connectivity index (χ2n) is 4.83. The van der Waals surface area contributed by atoms with Crippen molar-refractivity contribution in [2.75, 3.05) is 0 Å². The van der Waals surface area contributed by atoms with Crippen molar-refractivity contribution >= 4 is 0 Å². The number of hydrogen-bond acceptors (Lipinski definition) is 3. The molecule has 2 atom stereocenters. The fourth-order valence-corrected chi connectivity index (χ4v) is 2.64. The Kier molecular flexibility index (Phi) is 3.30. The number of hydrogen-bond donors (Lipinski definition) is 2. The topological polar surface area (TPSA) is 64.1 Å². The first-order valence-corrected chi connectivity index (χ1v) is 6.15. The Morgan fingerprint density at radius 1 is 1.69 bits per heavy atom. The van der Waals surface area contributed by atoms with Gasteiger partial charge in [-0.3, -0.25) is 0 Å². The summed E-state index contributed by atoms with van der Waals surface area (Å²) in [5.41, 5.74) is 5.13. The highest BCUT2D eigenvalue weighted by Crippen LogP contribution is 2.35. The van der Waals surface area contributed by atoms with E-state index >= 15 is 0 Å². The molecule has 1 aromatic heterocycles. The van der Waals surface area contributed by atoms with Gasteiger partial charge in [0.25, 0.3) is 0 Å². The molecule has 1 heterocycles. The lowest BCUT2D eigenvalue weighted by atomic mass is 9.81. The Balaban J connectivity index is 2.23. The number of imidazole rings is 1. The number of nitrogens with zero attached hydrogens (tertiary/aromatic N) is 2. The molecule has 0 spiro atoms. The highest BCUT2D eigenvalue weighted by molar-refractivity contribution is 5.07. The normalized spacial score (nSPS) is 30.6. The second-order valence-corrected chi connectivity index (χ2v) is 4.83. The molecule has 90 valence electrons. The summed E-state index contributed by atoms with van der Waals surface area (Å²) in [6.45, 7) is 3.04. The quantitative estimate of drug-likeness (QED) is 0.813. The molecule has 1 aliphatic carbocycles. The van der Waals surface area contributed by atoms with Crippen LogP contribution in [0.25, 0.3) is 0 Å². The fourth-order valence-electron chi connectivity index (χ4n) is 2.64. The summed E-state index contributed by atoms with van der Waals surface area (Å²) in [7, 11) is 0. The summed E-state index contributed by atoms with van der Waals surface area (Å²) in [5.74, 6) is 0.796. The van der Waals surface area contributed by atoms with Crippen LogP contribution in [0.3, 0.4) is 0 Å². The summed E-state index contributed by atoms with van der Waals surface area (Å²) >= 11 is 0. The molecular weight excluding hydrogens is 202 g/mol. The van der Waals surface area contributed by atoms with Crippen LogP contribution in [0.15, 0.2) is 12.4 Å². The highest BCUT2D eigenvalue weighted by atomic mass is 16.3. The minimum Gasteiger partial charge on any atom is -0.382 e. The van der Waals surface area contributed by atoms with Crippen molar-refractivity contribution in [2.24, 2.45) is 5.73 Å². The van der Waals surface area contributed by atoms with Gasteiger partial charge in [-0.25, -0.2) is 4.98 Å². The van der Waals surface area contributed by atoms with Crippen molar-refractivity contribution in [3.05, 3.63) is 18.2 Å². The van der Waals surface area contributed by atoms with Crippen molar-refractivity contribution < 1.29 is 5.11 Å². The lowest BCUT2D eigenvalue weighted by Crippen LogP contribution is -2.41. The van der Waals surface area contributed by atoms with Gasteiger partial charge in [-0.15, -0.1) is 0 Å². The van der Waals surface area contributed by atoms with Crippen LogP contribution in [-0.2, 0) is 12.1 Å². The molecule has 4 nitrogen and oxygen atoms in total. The van der Waals surface area contributed by atoms with Crippen molar-refractivity contribution in [1.82, 2.24) is 9.55 Å². The fraction of sp³-hybridized carbons (Fsp3) is 0.750. The van der Waals surface area contributed by atoms with Gasteiger partial charge in [0, 0.05) is 25.0 Å². The van der Waals surface area contributed by atoms with Crippen molar-refractivity contribution in [3.8, 4) is 0 Å². The maximum absolute atomic E-state index is 10.6. The zero-order valence-electron chi connectivity index (χ0n) is 9.89. The standard InChI is InChI=1S/C12H21N3O/c1-2-7-15-8-6-14-11(15)12(16)5-3-4-10(13)9-12/h6,8,10,16H,2-5,7,9,13H2,1H3. The van der Waals surface area contributed by atoms with Gasteiger partial charge < -0.3 is 15.4 Å². The van der Waals surface area contributed by atoms with E-state index in [1.807, 2.05) is 6.20 Å². The molecule has 0 aromatic carbocycles. The van der Waals surface area contributed by atoms with Crippen LogP contribution in [0.2, 0.25) is 0 Å². The third-order valence-electron chi connectivity index (χ3n) is 3.36. The van der Waals surface area contributed by atoms with Gasteiger partial charge in [-0.1, -0.05) is 6.92 Å². The molecule has 0 radical (unpaired) electrons. The zero-order chi connectivity index (χ0) is 11.6. The number of nitrogens with two attached hydrogens (primary N) is 1. The molecule has 0 aliphatic heterocycles. The maximum atomic E-state index is 10.6. The summed E-state index contributed by atoms with van der Waals surface area (Å²) < 4.78 is 2.05. The molecule has 16 heavy (non-hydrogen) atoms. The molecular formula is C12H21N3O.